The number of hydrogen-bond donors (Lipinski definition) is 2. The number of hydrogen-bond acceptors (Lipinski definition) is 4. The second-order valence-corrected chi connectivity index (χ2v) is 7.21. The maximum absolute atomic E-state index is 5.53. The van der Waals surface area contributed by atoms with Crippen LogP contribution < -0.4 is 10.6 Å². The third kappa shape index (κ3) is 5.76. The zero-order valence-corrected chi connectivity index (χ0v) is 16.1. The largest absolute Gasteiger partial charge is 0.379 e. The molecule has 2 rings (SSSR count). The molecule has 0 radical (unpaired) electrons. The van der Waals surface area contributed by atoms with Gasteiger partial charge in [0, 0.05) is 37.6 Å². The lowest BCUT2D eigenvalue weighted by atomic mass is 9.92. The van der Waals surface area contributed by atoms with Crippen molar-refractivity contribution in [2.24, 2.45) is 10.9 Å². The van der Waals surface area contributed by atoms with Crippen molar-refractivity contribution in [3.05, 3.63) is 22.4 Å². The number of guanidine groups is 1. The highest BCUT2D eigenvalue weighted by Gasteiger charge is 2.26. The van der Waals surface area contributed by atoms with Crippen LogP contribution >= 0.6 is 11.3 Å². The van der Waals surface area contributed by atoms with Crippen LogP contribution in [-0.4, -0.2) is 56.8 Å². The van der Waals surface area contributed by atoms with Crippen LogP contribution in [0.5, 0.6) is 0 Å². The topological polar surface area (TPSA) is 48.9 Å². The van der Waals surface area contributed by atoms with Gasteiger partial charge in [0.25, 0.3) is 0 Å². The van der Waals surface area contributed by atoms with Crippen molar-refractivity contribution in [3.63, 3.8) is 0 Å². The van der Waals surface area contributed by atoms with E-state index in [1.807, 2.05) is 7.05 Å². The summed E-state index contributed by atoms with van der Waals surface area (Å²) in [5.41, 5.74) is 0. The first-order chi connectivity index (χ1) is 11.8. The number of morpholine rings is 1. The molecule has 0 saturated carbocycles. The molecule has 1 atom stereocenters. The van der Waals surface area contributed by atoms with Crippen molar-refractivity contribution >= 4 is 17.3 Å². The Morgan fingerprint density at radius 3 is 2.62 bits per heavy atom. The minimum Gasteiger partial charge on any atom is -0.379 e. The van der Waals surface area contributed by atoms with Gasteiger partial charge in [-0.3, -0.25) is 9.89 Å². The Morgan fingerprint density at radius 1 is 1.29 bits per heavy atom. The molecule has 0 bridgehead atoms. The van der Waals surface area contributed by atoms with Crippen LogP contribution in [0.25, 0.3) is 0 Å². The lowest BCUT2D eigenvalue weighted by Crippen LogP contribution is -2.53. The quantitative estimate of drug-likeness (QED) is 0.558. The van der Waals surface area contributed by atoms with Crippen molar-refractivity contribution < 1.29 is 4.74 Å². The first kappa shape index (κ1) is 19.2. The Balaban J connectivity index is 1.89. The standard InChI is InChI=1S/C18H32N4OS/c1-4-15(5-2)17(22-8-10-23-11-9-22)14-21-18(19-3)20-13-16-7-6-12-24-16/h6-7,12,15,17H,4-5,8-11,13-14H2,1-3H3,(H2,19,20,21). The summed E-state index contributed by atoms with van der Waals surface area (Å²) in [4.78, 5) is 8.28. The molecule has 0 amide bonds. The normalized spacial score (nSPS) is 17.9. The summed E-state index contributed by atoms with van der Waals surface area (Å²) in [5.74, 6) is 1.58. The van der Waals surface area contributed by atoms with Gasteiger partial charge in [0.2, 0.25) is 0 Å². The summed E-state index contributed by atoms with van der Waals surface area (Å²) in [7, 11) is 1.84. The fourth-order valence-corrected chi connectivity index (χ4v) is 3.99. The molecule has 1 aromatic heterocycles. The Morgan fingerprint density at radius 2 is 2.04 bits per heavy atom. The zero-order valence-electron chi connectivity index (χ0n) is 15.3. The molecule has 1 saturated heterocycles. The average molecular weight is 353 g/mol. The number of nitrogens with zero attached hydrogens (tertiary/aromatic N) is 2. The lowest BCUT2D eigenvalue weighted by molar-refractivity contribution is 0.00272. The van der Waals surface area contributed by atoms with E-state index in [1.54, 1.807) is 11.3 Å². The Labute approximate surface area is 150 Å². The summed E-state index contributed by atoms with van der Waals surface area (Å²) in [6, 6.07) is 4.76. The molecule has 1 aromatic rings. The van der Waals surface area contributed by atoms with E-state index in [0.29, 0.717) is 12.0 Å². The molecule has 5 nitrogen and oxygen atoms in total. The summed E-state index contributed by atoms with van der Waals surface area (Å²) < 4.78 is 5.53. The van der Waals surface area contributed by atoms with E-state index in [1.165, 1.54) is 17.7 Å². The minimum absolute atomic E-state index is 0.532. The molecule has 0 aliphatic carbocycles. The summed E-state index contributed by atoms with van der Waals surface area (Å²) in [6.07, 6.45) is 2.42. The number of thiophene rings is 1. The fraction of sp³-hybridized carbons (Fsp3) is 0.722. The maximum atomic E-state index is 5.53. The first-order valence-corrected chi connectivity index (χ1v) is 9.95. The van der Waals surface area contributed by atoms with Crippen LogP contribution in [-0.2, 0) is 11.3 Å². The summed E-state index contributed by atoms with van der Waals surface area (Å²) in [6.45, 7) is 10.1. The summed E-state index contributed by atoms with van der Waals surface area (Å²) in [5, 5.41) is 9.06. The van der Waals surface area contributed by atoms with Gasteiger partial charge in [-0.25, -0.2) is 0 Å². The predicted octanol–water partition coefficient (Wildman–Crippen LogP) is 2.55. The van der Waals surface area contributed by atoms with Crippen LogP contribution in [0.4, 0.5) is 0 Å². The van der Waals surface area contributed by atoms with E-state index in [-0.39, 0.29) is 0 Å². The molecule has 136 valence electrons. The van der Waals surface area contributed by atoms with Gasteiger partial charge in [-0.15, -0.1) is 11.3 Å². The second kappa shape index (κ2) is 10.7. The molecule has 6 heteroatoms. The highest BCUT2D eigenvalue weighted by Crippen LogP contribution is 2.19. The van der Waals surface area contributed by atoms with Gasteiger partial charge < -0.3 is 15.4 Å². The Kier molecular flexibility index (Phi) is 8.56. The maximum Gasteiger partial charge on any atom is 0.191 e. The molecule has 2 N–H and O–H groups in total. The van der Waals surface area contributed by atoms with Gasteiger partial charge in [0.15, 0.2) is 5.96 Å². The molecule has 1 aliphatic heterocycles. The summed E-state index contributed by atoms with van der Waals surface area (Å²) >= 11 is 1.77. The van der Waals surface area contributed by atoms with Gasteiger partial charge in [-0.1, -0.05) is 32.8 Å². The van der Waals surface area contributed by atoms with Crippen molar-refractivity contribution in [2.75, 3.05) is 39.9 Å². The van der Waals surface area contributed by atoms with Crippen molar-refractivity contribution in [3.8, 4) is 0 Å². The van der Waals surface area contributed by atoms with Crippen molar-refractivity contribution in [1.82, 2.24) is 15.5 Å². The van der Waals surface area contributed by atoms with Crippen LogP contribution in [0.2, 0.25) is 0 Å². The lowest BCUT2D eigenvalue weighted by Gasteiger charge is -2.39. The number of aliphatic imine (C=N–C) groups is 1. The van der Waals surface area contributed by atoms with E-state index in [0.717, 1.165) is 45.4 Å². The Hall–Kier alpha value is -1.11. The van der Waals surface area contributed by atoms with E-state index in [4.69, 9.17) is 4.74 Å². The molecule has 2 heterocycles. The van der Waals surface area contributed by atoms with E-state index in [9.17, 15) is 0 Å². The molecule has 1 unspecified atom stereocenters. The number of nitrogens with one attached hydrogen (secondary N) is 2. The molecular weight excluding hydrogens is 320 g/mol. The van der Waals surface area contributed by atoms with Gasteiger partial charge in [-0.05, 0) is 17.4 Å². The average Bonchev–Trinajstić information content (AvgIpc) is 3.15. The third-order valence-corrected chi connectivity index (χ3v) is 5.70. The molecular formula is C18H32N4OS. The predicted molar refractivity (Wildman–Crippen MR) is 103 cm³/mol. The van der Waals surface area contributed by atoms with Crippen LogP contribution in [0, 0.1) is 5.92 Å². The first-order valence-electron chi connectivity index (χ1n) is 9.07. The molecule has 1 fully saturated rings. The minimum atomic E-state index is 0.532. The van der Waals surface area contributed by atoms with E-state index >= 15 is 0 Å². The third-order valence-electron chi connectivity index (χ3n) is 4.82. The van der Waals surface area contributed by atoms with E-state index in [2.05, 4.69) is 51.9 Å². The molecule has 24 heavy (non-hydrogen) atoms. The monoisotopic (exact) mass is 352 g/mol. The smallest absolute Gasteiger partial charge is 0.191 e. The highest BCUT2D eigenvalue weighted by atomic mass is 32.1. The fourth-order valence-electron chi connectivity index (χ4n) is 3.34. The Bertz CT molecular complexity index is 467. The molecule has 0 aromatic carbocycles. The highest BCUT2D eigenvalue weighted by molar-refractivity contribution is 7.09. The molecule has 0 spiro atoms. The molecule has 1 aliphatic rings. The van der Waals surface area contributed by atoms with Gasteiger partial charge >= 0.3 is 0 Å². The zero-order chi connectivity index (χ0) is 17.2. The van der Waals surface area contributed by atoms with Crippen LogP contribution in [0.15, 0.2) is 22.5 Å². The number of rotatable bonds is 8. The van der Waals surface area contributed by atoms with Crippen LogP contribution in [0.3, 0.4) is 0 Å². The van der Waals surface area contributed by atoms with Crippen LogP contribution in [0.1, 0.15) is 31.6 Å². The SMILES string of the molecule is CCC(CC)C(CNC(=NC)NCc1cccs1)N1CCOCC1. The van der Waals surface area contributed by atoms with Gasteiger partial charge in [0.1, 0.15) is 0 Å². The van der Waals surface area contributed by atoms with Crippen molar-refractivity contribution in [2.45, 2.75) is 39.3 Å². The second-order valence-electron chi connectivity index (χ2n) is 6.18. The van der Waals surface area contributed by atoms with Gasteiger partial charge in [-0.2, -0.15) is 0 Å². The van der Waals surface area contributed by atoms with Crippen molar-refractivity contribution in [1.29, 1.82) is 0 Å². The van der Waals surface area contributed by atoms with E-state index < -0.39 is 0 Å². The van der Waals surface area contributed by atoms with Gasteiger partial charge in [0.05, 0.1) is 19.8 Å². The number of ether oxygens (including phenoxy) is 1.